The second kappa shape index (κ2) is 7.74. The third-order valence-electron chi connectivity index (χ3n) is 3.34. The van der Waals surface area contributed by atoms with Crippen molar-refractivity contribution in [3.63, 3.8) is 0 Å². The summed E-state index contributed by atoms with van der Waals surface area (Å²) in [4.78, 5) is 20.8. The van der Waals surface area contributed by atoms with Crippen LogP contribution in [0.1, 0.15) is 11.1 Å². The molecule has 0 aliphatic heterocycles. The van der Waals surface area contributed by atoms with E-state index < -0.39 is 5.97 Å². The molecule has 6 heteroatoms. The van der Waals surface area contributed by atoms with Crippen molar-refractivity contribution >= 4 is 23.3 Å². The lowest BCUT2D eigenvalue weighted by molar-refractivity contribution is -0.133. The van der Waals surface area contributed by atoms with Gasteiger partial charge in [-0.3, -0.25) is 0 Å². The highest BCUT2D eigenvalue weighted by molar-refractivity contribution is 6.36. The van der Waals surface area contributed by atoms with Crippen LogP contribution in [-0.2, 0) is 20.8 Å². The molecule has 1 heterocycles. The number of halogens is 1. The van der Waals surface area contributed by atoms with Crippen molar-refractivity contribution in [2.45, 2.75) is 13.3 Å². The second-order valence-electron chi connectivity index (χ2n) is 4.88. The molecule has 120 valence electrons. The van der Waals surface area contributed by atoms with Gasteiger partial charge in [-0.1, -0.05) is 35.0 Å². The van der Waals surface area contributed by atoms with Gasteiger partial charge in [0.1, 0.15) is 12.3 Å². The van der Waals surface area contributed by atoms with Crippen LogP contribution in [0.3, 0.4) is 0 Å². The molecule has 0 aliphatic rings. The third-order valence-corrected chi connectivity index (χ3v) is 3.55. The summed E-state index contributed by atoms with van der Waals surface area (Å²) < 4.78 is 4.73. The summed E-state index contributed by atoms with van der Waals surface area (Å²) in [6.07, 6.45) is 0.306. The summed E-state index contributed by atoms with van der Waals surface area (Å²) in [5, 5.41) is 4.18. The number of pyridine rings is 1. The van der Waals surface area contributed by atoms with E-state index >= 15 is 0 Å². The van der Waals surface area contributed by atoms with Gasteiger partial charge >= 0.3 is 5.97 Å². The van der Waals surface area contributed by atoms with Crippen LogP contribution in [0, 0.1) is 6.92 Å². The number of methoxy groups -OCH3 is 1. The Hall–Kier alpha value is -2.40. The summed E-state index contributed by atoms with van der Waals surface area (Å²) in [6, 6.07) is 11.3. The van der Waals surface area contributed by atoms with Gasteiger partial charge in [-0.05, 0) is 36.2 Å². The highest BCUT2D eigenvalue weighted by atomic mass is 35.5. The first-order chi connectivity index (χ1) is 11.0. The molecule has 0 unspecified atom stereocenters. The Morgan fingerprint density at radius 2 is 2.04 bits per heavy atom. The minimum Gasteiger partial charge on any atom is -0.464 e. The average molecular weight is 333 g/mol. The Bertz CT molecular complexity index is 744. The molecular weight excluding hydrogens is 316 g/mol. The van der Waals surface area contributed by atoms with E-state index in [0.717, 1.165) is 22.4 Å². The predicted molar refractivity (Wildman–Crippen MR) is 89.6 cm³/mol. The fourth-order valence-electron chi connectivity index (χ4n) is 2.14. The number of ether oxygens (including phenoxy) is 1. The molecule has 2 rings (SSSR count). The number of aromatic nitrogens is 1. The van der Waals surface area contributed by atoms with Crippen LogP contribution in [0.25, 0.3) is 11.3 Å². The molecule has 0 atom stereocenters. The average Bonchev–Trinajstić information content (AvgIpc) is 2.55. The Morgan fingerprint density at radius 1 is 1.26 bits per heavy atom. The second-order valence-corrected chi connectivity index (χ2v) is 5.26. The number of benzene rings is 1. The maximum absolute atomic E-state index is 11.8. The summed E-state index contributed by atoms with van der Waals surface area (Å²) in [7, 11) is 2.70. The predicted octanol–water partition coefficient (Wildman–Crippen LogP) is 3.43. The molecule has 0 amide bonds. The van der Waals surface area contributed by atoms with Crippen LogP contribution < -0.4 is 0 Å². The van der Waals surface area contributed by atoms with E-state index in [1.54, 1.807) is 6.07 Å². The van der Waals surface area contributed by atoms with Crippen molar-refractivity contribution in [3.8, 4) is 11.3 Å². The van der Waals surface area contributed by atoms with Crippen molar-refractivity contribution < 1.29 is 14.4 Å². The van der Waals surface area contributed by atoms with Gasteiger partial charge in [0.15, 0.2) is 5.71 Å². The van der Waals surface area contributed by atoms with Crippen molar-refractivity contribution in [2.75, 3.05) is 14.2 Å². The number of hydrogen-bond donors (Lipinski definition) is 0. The Morgan fingerprint density at radius 3 is 2.70 bits per heavy atom. The van der Waals surface area contributed by atoms with Gasteiger partial charge in [0.2, 0.25) is 0 Å². The zero-order chi connectivity index (χ0) is 16.8. The van der Waals surface area contributed by atoms with Gasteiger partial charge < -0.3 is 9.57 Å². The number of nitrogens with zero attached hydrogens (tertiary/aromatic N) is 2. The smallest absolute Gasteiger partial charge is 0.356 e. The van der Waals surface area contributed by atoms with Gasteiger partial charge in [-0.25, -0.2) is 9.78 Å². The van der Waals surface area contributed by atoms with Gasteiger partial charge in [-0.15, -0.1) is 0 Å². The lowest BCUT2D eigenvalue weighted by Crippen LogP contribution is -2.19. The van der Waals surface area contributed by atoms with Crippen molar-refractivity contribution in [3.05, 3.63) is 52.7 Å². The summed E-state index contributed by atoms with van der Waals surface area (Å²) in [5.41, 5.74) is 3.85. The topological polar surface area (TPSA) is 60.8 Å². The van der Waals surface area contributed by atoms with Crippen molar-refractivity contribution in [2.24, 2.45) is 5.16 Å². The summed E-state index contributed by atoms with van der Waals surface area (Å²) in [6.45, 7) is 1.96. The molecule has 0 radical (unpaired) electrons. The minimum absolute atomic E-state index is 0.203. The first-order valence-corrected chi connectivity index (χ1v) is 7.33. The zero-order valence-electron chi connectivity index (χ0n) is 13.2. The van der Waals surface area contributed by atoms with Crippen LogP contribution in [-0.4, -0.2) is 30.9 Å². The van der Waals surface area contributed by atoms with E-state index in [2.05, 4.69) is 10.1 Å². The Labute approximate surface area is 139 Å². The SMILES string of the molecule is CO/N=C(\Cc1cc(-c2cccc(Cl)n2)ccc1C)C(=O)OC. The van der Waals surface area contributed by atoms with Crippen LogP contribution in [0.15, 0.2) is 41.6 Å². The fraction of sp³-hybridized carbons (Fsp3) is 0.235. The number of carbonyl (C=O) groups is 1. The first-order valence-electron chi connectivity index (χ1n) is 6.96. The molecule has 1 aromatic heterocycles. The molecule has 0 aliphatic carbocycles. The quantitative estimate of drug-likeness (QED) is 0.364. The number of oxime groups is 1. The number of rotatable bonds is 5. The molecule has 0 N–H and O–H groups in total. The lowest BCUT2D eigenvalue weighted by Gasteiger charge is -2.10. The Kier molecular flexibility index (Phi) is 5.71. The number of hydrogen-bond acceptors (Lipinski definition) is 5. The molecule has 0 spiro atoms. The minimum atomic E-state index is -0.516. The van der Waals surface area contributed by atoms with Crippen LogP contribution in [0.4, 0.5) is 0 Å². The van der Waals surface area contributed by atoms with E-state index in [9.17, 15) is 4.79 Å². The van der Waals surface area contributed by atoms with Crippen LogP contribution in [0.5, 0.6) is 0 Å². The van der Waals surface area contributed by atoms with E-state index in [1.807, 2.05) is 37.3 Å². The molecule has 0 bridgehead atoms. The van der Waals surface area contributed by atoms with Gasteiger partial charge in [0.25, 0.3) is 0 Å². The third kappa shape index (κ3) is 4.29. The molecule has 0 fully saturated rings. The molecule has 5 nitrogen and oxygen atoms in total. The molecule has 0 saturated carbocycles. The van der Waals surface area contributed by atoms with Crippen molar-refractivity contribution in [1.82, 2.24) is 4.98 Å². The van der Waals surface area contributed by atoms with E-state index in [4.69, 9.17) is 21.2 Å². The Balaban J connectivity index is 2.37. The summed E-state index contributed by atoms with van der Waals surface area (Å²) >= 11 is 5.94. The molecular formula is C17H17ClN2O3. The molecule has 2 aromatic rings. The lowest BCUT2D eigenvalue weighted by atomic mass is 9.98. The van der Waals surface area contributed by atoms with E-state index in [0.29, 0.717) is 11.6 Å². The highest BCUT2D eigenvalue weighted by Crippen LogP contribution is 2.23. The monoisotopic (exact) mass is 332 g/mol. The van der Waals surface area contributed by atoms with Gasteiger partial charge in [0, 0.05) is 12.0 Å². The molecule has 0 saturated heterocycles. The first kappa shape index (κ1) is 17.0. The summed E-state index contributed by atoms with van der Waals surface area (Å²) in [5.74, 6) is -0.516. The zero-order valence-corrected chi connectivity index (χ0v) is 13.9. The molecule has 23 heavy (non-hydrogen) atoms. The van der Waals surface area contributed by atoms with Gasteiger partial charge in [0.05, 0.1) is 12.8 Å². The maximum Gasteiger partial charge on any atom is 0.356 e. The number of aryl methyl sites for hydroxylation is 1. The maximum atomic E-state index is 11.8. The van der Waals surface area contributed by atoms with Crippen LogP contribution >= 0.6 is 11.6 Å². The van der Waals surface area contributed by atoms with Crippen molar-refractivity contribution in [1.29, 1.82) is 0 Å². The standard InChI is InChI=1S/C17H17ClN2O3/c1-11-7-8-12(14-5-4-6-16(18)19-14)9-13(11)10-15(20-23-3)17(21)22-2/h4-9H,10H2,1-3H3/b20-15+. The molecule has 1 aromatic carbocycles. The normalized spacial score (nSPS) is 11.2. The van der Waals surface area contributed by atoms with Crippen LogP contribution in [0.2, 0.25) is 5.15 Å². The number of esters is 1. The van der Waals surface area contributed by atoms with E-state index in [1.165, 1.54) is 14.2 Å². The highest BCUT2D eigenvalue weighted by Gasteiger charge is 2.15. The fourth-order valence-corrected chi connectivity index (χ4v) is 2.30. The number of carbonyl (C=O) groups excluding carboxylic acids is 1. The van der Waals surface area contributed by atoms with Gasteiger partial charge in [-0.2, -0.15) is 0 Å². The largest absolute Gasteiger partial charge is 0.464 e. The van der Waals surface area contributed by atoms with E-state index in [-0.39, 0.29) is 5.71 Å².